The summed E-state index contributed by atoms with van der Waals surface area (Å²) in [5.41, 5.74) is 0.315. The molecule has 0 fully saturated rings. The van der Waals surface area contributed by atoms with Crippen LogP contribution in [0.3, 0.4) is 0 Å². The predicted octanol–water partition coefficient (Wildman–Crippen LogP) is 2.58. The molecule has 0 unspecified atom stereocenters. The van der Waals surface area contributed by atoms with E-state index in [1.54, 1.807) is 12.1 Å². The zero-order valence-corrected chi connectivity index (χ0v) is 16.5. The van der Waals surface area contributed by atoms with Gasteiger partial charge in [-0.15, -0.1) is 0 Å². The van der Waals surface area contributed by atoms with Gasteiger partial charge in [0.05, 0.1) is 0 Å². The first kappa shape index (κ1) is 28.2. The third kappa shape index (κ3) is 8.16. The molecule has 0 aliphatic carbocycles. The van der Waals surface area contributed by atoms with Crippen molar-refractivity contribution >= 4 is 167 Å². The van der Waals surface area contributed by atoms with Crippen molar-refractivity contribution in [1.29, 1.82) is 0 Å². The molecule has 2 N–H and O–H groups in total. The summed E-state index contributed by atoms with van der Waals surface area (Å²) in [7, 11) is -8.92. The first-order chi connectivity index (χ1) is 11.0. The van der Waals surface area contributed by atoms with Crippen molar-refractivity contribution in [2.24, 2.45) is 0 Å². The van der Waals surface area contributed by atoms with Crippen molar-refractivity contribution in [3.8, 4) is 0 Å². The van der Waals surface area contributed by atoms with Gasteiger partial charge in [0.15, 0.2) is 0 Å². The van der Waals surface area contributed by atoms with Crippen LogP contribution < -0.4 is 0 Å². The summed E-state index contributed by atoms with van der Waals surface area (Å²) >= 11 is 6.23. The summed E-state index contributed by atoms with van der Waals surface area (Å²) in [5, 5.41) is 0. The number of halogens is 2. The molecule has 132 valence electrons. The third-order valence-corrected chi connectivity index (χ3v) is 5.75. The topological polar surface area (TPSA) is 109 Å². The van der Waals surface area contributed by atoms with Crippen LogP contribution in [0, 0.1) is 0 Å². The molecule has 0 saturated carbocycles. The molecule has 12 heteroatoms. The summed E-state index contributed by atoms with van der Waals surface area (Å²) in [4.78, 5) is -0.669. The second kappa shape index (κ2) is 11.6. The molecule has 0 amide bonds. The van der Waals surface area contributed by atoms with Crippen molar-refractivity contribution < 1.29 is 25.9 Å². The van der Waals surface area contributed by atoms with Crippen LogP contribution in [0.2, 0.25) is 0 Å². The molecule has 0 aliphatic heterocycles. The second-order valence-corrected chi connectivity index (χ2v) is 9.26. The fraction of sp³-hybridized carbons (Fsp3) is 0. The van der Waals surface area contributed by atoms with Gasteiger partial charge in [0.2, 0.25) is 0 Å². The molecule has 0 heterocycles. The Bertz CT molecular complexity index is 954. The van der Waals surface area contributed by atoms with Crippen molar-refractivity contribution in [2.75, 3.05) is 0 Å². The molecule has 0 saturated heterocycles. The standard InChI is InChI=1S/C14H10Br2O6S2.2K.2H/c15-11-5-3-9(13(7-11)23(17,18)19)1-2-10-4-6-12(16)8-14(10)24(20,21)22;;;;/h1-8H,(H,17,18,19)(H,20,21,22);;;;/b2-1+;;;;. The van der Waals surface area contributed by atoms with E-state index in [1.807, 2.05) is 0 Å². The van der Waals surface area contributed by atoms with Gasteiger partial charge in [-0.25, -0.2) is 0 Å². The molecule has 26 heavy (non-hydrogen) atoms. The molecule has 2 aromatic rings. The summed E-state index contributed by atoms with van der Waals surface area (Å²) in [6, 6.07) is 8.46. The van der Waals surface area contributed by atoms with Crippen molar-refractivity contribution in [1.82, 2.24) is 0 Å². The van der Waals surface area contributed by atoms with Gasteiger partial charge in [-0.2, -0.15) is 16.8 Å². The molecule has 0 aliphatic rings. The number of rotatable bonds is 4. The summed E-state index contributed by atoms with van der Waals surface area (Å²) < 4.78 is 65.3. The van der Waals surface area contributed by atoms with Crippen LogP contribution in [0.1, 0.15) is 11.1 Å². The van der Waals surface area contributed by atoms with E-state index in [0.717, 1.165) is 0 Å². The third-order valence-electron chi connectivity index (χ3n) is 2.95. The van der Waals surface area contributed by atoms with Crippen LogP contribution in [-0.2, 0) is 20.2 Å². The molecule has 0 spiro atoms. The SMILES string of the molecule is O=S(=O)(O)c1cc(Br)ccc1/C=C/c1ccc(Br)cc1S(=O)(=O)O.[KH].[KH]. The average Bonchev–Trinajstić information content (AvgIpc) is 2.45. The zero-order chi connectivity index (χ0) is 18.1. The van der Waals surface area contributed by atoms with Crippen LogP contribution in [0.5, 0.6) is 0 Å². The van der Waals surface area contributed by atoms with Crippen LogP contribution in [0.25, 0.3) is 12.2 Å². The van der Waals surface area contributed by atoms with E-state index in [1.165, 1.54) is 36.4 Å². The molecule has 2 rings (SSSR count). The van der Waals surface area contributed by atoms with Crippen LogP contribution in [0.4, 0.5) is 0 Å². The van der Waals surface area contributed by atoms with Crippen molar-refractivity contribution in [3.05, 3.63) is 56.5 Å². The Morgan fingerprint density at radius 2 is 1.00 bits per heavy atom. The molecular formula is C14H12Br2K2O6S2. The maximum absolute atomic E-state index is 11.4. The van der Waals surface area contributed by atoms with Gasteiger partial charge in [-0.1, -0.05) is 56.1 Å². The minimum atomic E-state index is -4.46. The second-order valence-electron chi connectivity index (χ2n) is 4.65. The average molecular weight is 578 g/mol. The van der Waals surface area contributed by atoms with E-state index in [9.17, 15) is 25.9 Å². The van der Waals surface area contributed by atoms with Gasteiger partial charge in [0, 0.05) is 8.95 Å². The Morgan fingerprint density at radius 1 is 0.692 bits per heavy atom. The van der Waals surface area contributed by atoms with Gasteiger partial charge in [-0.05, 0) is 35.4 Å². The molecule has 6 nitrogen and oxygen atoms in total. The van der Waals surface area contributed by atoms with Gasteiger partial charge in [0.1, 0.15) is 9.79 Å². The van der Waals surface area contributed by atoms with Gasteiger partial charge < -0.3 is 0 Å². The molecule has 0 atom stereocenters. The van der Waals surface area contributed by atoms with E-state index in [-0.39, 0.29) is 124 Å². The van der Waals surface area contributed by atoms with E-state index in [2.05, 4.69) is 31.9 Å². The maximum atomic E-state index is 11.4. The van der Waals surface area contributed by atoms with E-state index in [0.29, 0.717) is 8.95 Å². The Kier molecular flexibility index (Phi) is 12.6. The number of hydrogen-bond acceptors (Lipinski definition) is 4. The minimum absolute atomic E-state index is 0. The quantitative estimate of drug-likeness (QED) is 0.328. The fourth-order valence-corrected chi connectivity index (χ4v) is 4.36. The first-order valence-electron chi connectivity index (χ1n) is 6.20. The van der Waals surface area contributed by atoms with E-state index >= 15 is 0 Å². The molecule has 0 radical (unpaired) electrons. The molecule has 0 aromatic heterocycles. The Balaban J connectivity index is 0.00000312. The van der Waals surface area contributed by atoms with E-state index in [4.69, 9.17) is 0 Å². The van der Waals surface area contributed by atoms with Crippen LogP contribution in [0.15, 0.2) is 55.1 Å². The fourth-order valence-electron chi connectivity index (χ4n) is 1.92. The van der Waals surface area contributed by atoms with Gasteiger partial charge in [-0.3, -0.25) is 9.11 Å². The number of benzene rings is 2. The van der Waals surface area contributed by atoms with Gasteiger partial charge in [0.25, 0.3) is 20.2 Å². The first-order valence-corrected chi connectivity index (χ1v) is 10.7. The zero-order valence-electron chi connectivity index (χ0n) is 11.7. The summed E-state index contributed by atoms with van der Waals surface area (Å²) in [6.45, 7) is 0. The van der Waals surface area contributed by atoms with Crippen molar-refractivity contribution in [2.45, 2.75) is 9.79 Å². The van der Waals surface area contributed by atoms with E-state index < -0.39 is 20.2 Å². The molecule has 2 aromatic carbocycles. The van der Waals surface area contributed by atoms with Crippen molar-refractivity contribution in [3.63, 3.8) is 0 Å². The Hall–Kier alpha value is 2.23. The monoisotopic (exact) mass is 576 g/mol. The summed E-state index contributed by atoms with van der Waals surface area (Å²) in [6.07, 6.45) is 2.65. The van der Waals surface area contributed by atoms with Crippen LogP contribution >= 0.6 is 31.9 Å². The van der Waals surface area contributed by atoms with Gasteiger partial charge >= 0.3 is 103 Å². The van der Waals surface area contributed by atoms with Crippen LogP contribution in [-0.4, -0.2) is 129 Å². The number of hydrogen-bond donors (Lipinski definition) is 2. The molecule has 0 bridgehead atoms. The Labute approximate surface area is 253 Å². The normalized spacial score (nSPS) is 11.7. The Morgan fingerprint density at radius 3 is 1.27 bits per heavy atom. The summed E-state index contributed by atoms with van der Waals surface area (Å²) in [5.74, 6) is 0. The predicted molar refractivity (Wildman–Crippen MR) is 111 cm³/mol. The molecular weight excluding hydrogens is 566 g/mol.